The van der Waals surface area contributed by atoms with Crippen LogP contribution in [0, 0.1) is 0 Å². The average molecular weight is 217 g/mol. The first-order valence-electron chi connectivity index (χ1n) is 5.75. The summed E-state index contributed by atoms with van der Waals surface area (Å²) in [7, 11) is 2.11. The summed E-state index contributed by atoms with van der Waals surface area (Å²) in [5.41, 5.74) is -0.0575. The van der Waals surface area contributed by atoms with Gasteiger partial charge in [0.1, 0.15) is 0 Å². The van der Waals surface area contributed by atoms with Crippen molar-refractivity contribution < 1.29 is 9.47 Å². The van der Waals surface area contributed by atoms with Crippen LogP contribution in [-0.2, 0) is 9.47 Å². The monoisotopic (exact) mass is 217 g/mol. The molecule has 0 fully saturated rings. The summed E-state index contributed by atoms with van der Waals surface area (Å²) >= 11 is 0. The predicted octanol–water partition coefficient (Wildman–Crippen LogP) is 2.16. The second-order valence-electron chi connectivity index (χ2n) is 5.15. The smallest absolute Gasteiger partial charge is 0.0707 e. The molecule has 0 aromatic rings. The first-order valence-corrected chi connectivity index (χ1v) is 5.75. The molecule has 0 saturated carbocycles. The van der Waals surface area contributed by atoms with E-state index in [2.05, 4.69) is 46.6 Å². The van der Waals surface area contributed by atoms with Gasteiger partial charge in [0.25, 0.3) is 0 Å². The van der Waals surface area contributed by atoms with Crippen molar-refractivity contribution in [2.24, 2.45) is 0 Å². The molecular formula is C12H27NO2. The van der Waals surface area contributed by atoms with Gasteiger partial charge in [-0.15, -0.1) is 0 Å². The van der Waals surface area contributed by atoms with Gasteiger partial charge in [-0.2, -0.15) is 0 Å². The SMILES string of the molecule is CC(C)N(C)CCOCCOC(C)(C)C. The molecule has 15 heavy (non-hydrogen) atoms. The molecule has 3 heteroatoms. The molecule has 0 saturated heterocycles. The molecule has 0 amide bonds. The van der Waals surface area contributed by atoms with Crippen LogP contribution in [0.5, 0.6) is 0 Å². The van der Waals surface area contributed by atoms with Gasteiger partial charge in [0, 0.05) is 12.6 Å². The molecule has 0 aliphatic carbocycles. The Morgan fingerprint density at radius 2 is 1.67 bits per heavy atom. The highest BCUT2D eigenvalue weighted by Crippen LogP contribution is 2.05. The third-order valence-corrected chi connectivity index (χ3v) is 2.23. The van der Waals surface area contributed by atoms with Crippen molar-refractivity contribution in [3.8, 4) is 0 Å². The maximum atomic E-state index is 5.55. The third kappa shape index (κ3) is 10.2. The first kappa shape index (κ1) is 14.9. The van der Waals surface area contributed by atoms with E-state index in [1.54, 1.807) is 0 Å². The average Bonchev–Trinajstić information content (AvgIpc) is 2.08. The van der Waals surface area contributed by atoms with E-state index in [9.17, 15) is 0 Å². The highest BCUT2D eigenvalue weighted by Gasteiger charge is 2.09. The fourth-order valence-electron chi connectivity index (χ4n) is 0.976. The van der Waals surface area contributed by atoms with E-state index in [4.69, 9.17) is 9.47 Å². The summed E-state index contributed by atoms with van der Waals surface area (Å²) in [5.74, 6) is 0. The maximum Gasteiger partial charge on any atom is 0.0707 e. The Kier molecular flexibility index (Phi) is 7.14. The number of rotatable bonds is 7. The summed E-state index contributed by atoms with van der Waals surface area (Å²) < 4.78 is 11.0. The summed E-state index contributed by atoms with van der Waals surface area (Å²) in [6.07, 6.45) is 0. The molecule has 0 bridgehead atoms. The van der Waals surface area contributed by atoms with Crippen LogP contribution in [0.25, 0.3) is 0 Å². The van der Waals surface area contributed by atoms with Gasteiger partial charge in [-0.3, -0.25) is 0 Å². The number of hydrogen-bond donors (Lipinski definition) is 0. The van der Waals surface area contributed by atoms with Crippen LogP contribution in [0.15, 0.2) is 0 Å². The predicted molar refractivity (Wildman–Crippen MR) is 64.3 cm³/mol. The van der Waals surface area contributed by atoms with E-state index in [0.717, 1.165) is 13.2 Å². The minimum absolute atomic E-state index is 0.0575. The molecule has 3 nitrogen and oxygen atoms in total. The van der Waals surface area contributed by atoms with Gasteiger partial charge in [0.15, 0.2) is 0 Å². The molecule has 0 aliphatic heterocycles. The van der Waals surface area contributed by atoms with Gasteiger partial charge in [-0.1, -0.05) is 0 Å². The van der Waals surface area contributed by atoms with Gasteiger partial charge in [-0.25, -0.2) is 0 Å². The standard InChI is InChI=1S/C12H27NO2/c1-11(2)13(6)7-8-14-9-10-15-12(3,4)5/h11H,7-10H2,1-6H3. The van der Waals surface area contributed by atoms with Gasteiger partial charge < -0.3 is 14.4 Å². The molecule has 0 aliphatic rings. The van der Waals surface area contributed by atoms with Crippen LogP contribution in [-0.4, -0.2) is 50.0 Å². The third-order valence-electron chi connectivity index (χ3n) is 2.23. The fourth-order valence-corrected chi connectivity index (χ4v) is 0.976. The highest BCUT2D eigenvalue weighted by atomic mass is 16.5. The Bertz CT molecular complexity index is 152. The van der Waals surface area contributed by atoms with E-state index < -0.39 is 0 Å². The minimum atomic E-state index is -0.0575. The van der Waals surface area contributed by atoms with Crippen molar-refractivity contribution in [2.75, 3.05) is 33.4 Å². The Balaban J connectivity index is 3.26. The molecule has 0 radical (unpaired) electrons. The lowest BCUT2D eigenvalue weighted by Crippen LogP contribution is -2.30. The first-order chi connectivity index (χ1) is 6.83. The van der Waals surface area contributed by atoms with Crippen LogP contribution in [0.2, 0.25) is 0 Å². The van der Waals surface area contributed by atoms with Crippen LogP contribution in [0.1, 0.15) is 34.6 Å². The molecule has 0 N–H and O–H groups in total. The van der Waals surface area contributed by atoms with Gasteiger partial charge in [0.05, 0.1) is 25.4 Å². The Morgan fingerprint density at radius 3 is 2.13 bits per heavy atom. The van der Waals surface area contributed by atoms with Crippen molar-refractivity contribution in [3.63, 3.8) is 0 Å². The zero-order valence-electron chi connectivity index (χ0n) is 11.2. The Morgan fingerprint density at radius 1 is 1.07 bits per heavy atom. The lowest BCUT2D eigenvalue weighted by molar-refractivity contribution is -0.0368. The summed E-state index contributed by atoms with van der Waals surface area (Å²) in [6.45, 7) is 13.7. The van der Waals surface area contributed by atoms with E-state index in [0.29, 0.717) is 19.3 Å². The highest BCUT2D eigenvalue weighted by molar-refractivity contribution is 4.58. The van der Waals surface area contributed by atoms with Gasteiger partial charge in [0.2, 0.25) is 0 Å². The quantitative estimate of drug-likeness (QED) is 0.610. The molecule has 92 valence electrons. The lowest BCUT2D eigenvalue weighted by atomic mass is 10.2. The van der Waals surface area contributed by atoms with Crippen molar-refractivity contribution in [1.29, 1.82) is 0 Å². The van der Waals surface area contributed by atoms with Crippen LogP contribution < -0.4 is 0 Å². The molecular weight excluding hydrogens is 190 g/mol. The minimum Gasteiger partial charge on any atom is -0.378 e. The lowest BCUT2D eigenvalue weighted by Gasteiger charge is -2.21. The summed E-state index contributed by atoms with van der Waals surface area (Å²) in [4.78, 5) is 2.27. The Labute approximate surface area is 94.7 Å². The number of hydrogen-bond acceptors (Lipinski definition) is 3. The molecule has 0 aromatic carbocycles. The van der Waals surface area contributed by atoms with Crippen molar-refractivity contribution >= 4 is 0 Å². The molecule has 0 aromatic heterocycles. The van der Waals surface area contributed by atoms with E-state index in [1.807, 2.05) is 0 Å². The summed E-state index contributed by atoms with van der Waals surface area (Å²) in [6, 6.07) is 0.583. The molecule has 0 rings (SSSR count). The molecule has 0 atom stereocenters. The second kappa shape index (κ2) is 7.20. The van der Waals surface area contributed by atoms with Crippen LogP contribution in [0.3, 0.4) is 0 Å². The molecule has 0 heterocycles. The van der Waals surface area contributed by atoms with E-state index in [1.165, 1.54) is 0 Å². The van der Waals surface area contributed by atoms with Crippen molar-refractivity contribution in [3.05, 3.63) is 0 Å². The maximum absolute atomic E-state index is 5.55. The zero-order valence-corrected chi connectivity index (χ0v) is 11.2. The van der Waals surface area contributed by atoms with Crippen LogP contribution in [0.4, 0.5) is 0 Å². The van der Waals surface area contributed by atoms with Crippen molar-refractivity contribution in [2.45, 2.75) is 46.3 Å². The number of nitrogens with zero attached hydrogens (tertiary/aromatic N) is 1. The Hall–Kier alpha value is -0.120. The van der Waals surface area contributed by atoms with Crippen molar-refractivity contribution in [1.82, 2.24) is 4.90 Å². The fraction of sp³-hybridized carbons (Fsp3) is 1.00. The summed E-state index contributed by atoms with van der Waals surface area (Å²) in [5, 5.41) is 0. The topological polar surface area (TPSA) is 21.7 Å². The molecule has 0 unspecified atom stereocenters. The van der Waals surface area contributed by atoms with Gasteiger partial charge >= 0.3 is 0 Å². The largest absolute Gasteiger partial charge is 0.378 e. The molecule has 0 spiro atoms. The van der Waals surface area contributed by atoms with E-state index >= 15 is 0 Å². The van der Waals surface area contributed by atoms with Gasteiger partial charge in [-0.05, 0) is 41.7 Å². The van der Waals surface area contributed by atoms with Crippen LogP contribution >= 0.6 is 0 Å². The second-order valence-corrected chi connectivity index (χ2v) is 5.15. The normalized spacial score (nSPS) is 12.8. The number of likely N-dealkylation sites (N-methyl/N-ethyl adjacent to an activating group) is 1. The van der Waals surface area contributed by atoms with E-state index in [-0.39, 0.29) is 5.60 Å². The number of ether oxygens (including phenoxy) is 2. The zero-order chi connectivity index (χ0) is 11.9.